The maximum Gasteiger partial charge on any atom is 0.221 e. The number of aliphatic imine (C=N–C) groups is 1. The number of ether oxygens (including phenoxy) is 1. The molecular formula is C14H23IN4O2. The zero-order valence-electron chi connectivity index (χ0n) is 12.8. The van der Waals surface area contributed by atoms with Crippen molar-refractivity contribution >= 4 is 41.5 Å². The molecule has 1 aromatic rings. The first-order valence-electron chi connectivity index (χ1n) is 6.43. The number of rotatable bonds is 5. The molecule has 0 aromatic heterocycles. The number of nitrogens with zero attached hydrogens (tertiary/aromatic N) is 1. The van der Waals surface area contributed by atoms with Crippen molar-refractivity contribution in [2.24, 2.45) is 10.7 Å². The number of guanidine groups is 1. The van der Waals surface area contributed by atoms with Crippen LogP contribution in [0.5, 0.6) is 5.75 Å². The van der Waals surface area contributed by atoms with Crippen LogP contribution in [0.2, 0.25) is 0 Å². The highest BCUT2D eigenvalue weighted by atomic mass is 127. The van der Waals surface area contributed by atoms with E-state index in [9.17, 15) is 4.79 Å². The van der Waals surface area contributed by atoms with Gasteiger partial charge in [-0.25, -0.2) is 4.99 Å². The Morgan fingerprint density at radius 1 is 1.43 bits per heavy atom. The molecule has 6 nitrogen and oxygen atoms in total. The van der Waals surface area contributed by atoms with Crippen molar-refractivity contribution < 1.29 is 9.53 Å². The lowest BCUT2D eigenvalue weighted by molar-refractivity contribution is -0.114. The molecule has 0 aliphatic carbocycles. The van der Waals surface area contributed by atoms with E-state index < -0.39 is 0 Å². The van der Waals surface area contributed by atoms with Gasteiger partial charge in [0, 0.05) is 13.0 Å². The minimum Gasteiger partial charge on any atom is -0.495 e. The normalized spacial score (nSPS) is 10.8. The average molecular weight is 406 g/mol. The Hall–Kier alpha value is -1.51. The van der Waals surface area contributed by atoms with Crippen LogP contribution >= 0.6 is 24.0 Å². The molecule has 4 N–H and O–H groups in total. The van der Waals surface area contributed by atoms with Gasteiger partial charge >= 0.3 is 0 Å². The third kappa shape index (κ3) is 7.16. The van der Waals surface area contributed by atoms with Crippen molar-refractivity contribution in [3.63, 3.8) is 0 Å². The van der Waals surface area contributed by atoms with E-state index in [2.05, 4.69) is 15.6 Å². The molecule has 0 saturated carbocycles. The maximum absolute atomic E-state index is 11.2. The summed E-state index contributed by atoms with van der Waals surface area (Å²) in [5.74, 6) is 0.864. The predicted molar refractivity (Wildman–Crippen MR) is 96.3 cm³/mol. The third-order valence-corrected chi connectivity index (χ3v) is 2.44. The molecule has 0 unspecified atom stereocenters. The van der Waals surface area contributed by atoms with Crippen LogP contribution in [0.15, 0.2) is 23.2 Å². The lowest BCUT2D eigenvalue weighted by Gasteiger charge is -2.11. The Morgan fingerprint density at radius 3 is 2.62 bits per heavy atom. The summed E-state index contributed by atoms with van der Waals surface area (Å²) in [7, 11) is 1.56. The number of carbonyl (C=O) groups excluding carboxylic acids is 1. The van der Waals surface area contributed by atoms with Crippen LogP contribution in [-0.4, -0.2) is 25.0 Å². The number of hydrogen-bond acceptors (Lipinski definition) is 3. The second kappa shape index (κ2) is 9.43. The molecule has 0 aliphatic rings. The highest BCUT2D eigenvalue weighted by Gasteiger charge is 2.06. The molecule has 0 fully saturated rings. The van der Waals surface area contributed by atoms with Crippen LogP contribution in [0, 0.1) is 0 Å². The van der Waals surface area contributed by atoms with Crippen LogP contribution in [0.3, 0.4) is 0 Å². The Bertz CT molecular complexity index is 504. The molecule has 0 saturated heterocycles. The predicted octanol–water partition coefficient (Wildman–Crippen LogP) is 2.08. The van der Waals surface area contributed by atoms with Crippen LogP contribution in [0.4, 0.5) is 5.69 Å². The van der Waals surface area contributed by atoms with Gasteiger partial charge < -0.3 is 21.1 Å². The second-order valence-electron chi connectivity index (χ2n) is 4.72. The third-order valence-electron chi connectivity index (χ3n) is 2.44. The number of halogens is 1. The number of methoxy groups -OCH3 is 1. The van der Waals surface area contributed by atoms with Gasteiger partial charge in [0.15, 0.2) is 5.96 Å². The van der Waals surface area contributed by atoms with Crippen molar-refractivity contribution in [1.29, 1.82) is 0 Å². The fourth-order valence-electron chi connectivity index (χ4n) is 1.66. The topological polar surface area (TPSA) is 88.7 Å². The van der Waals surface area contributed by atoms with Gasteiger partial charge in [0.05, 0.1) is 19.3 Å². The van der Waals surface area contributed by atoms with Crippen LogP contribution < -0.4 is 21.1 Å². The summed E-state index contributed by atoms with van der Waals surface area (Å²) in [6.45, 7) is 5.87. The van der Waals surface area contributed by atoms with E-state index in [1.807, 2.05) is 26.0 Å². The van der Waals surface area contributed by atoms with Gasteiger partial charge in [0.1, 0.15) is 5.75 Å². The lowest BCUT2D eigenvalue weighted by Crippen LogP contribution is -2.36. The van der Waals surface area contributed by atoms with Crippen molar-refractivity contribution in [3.8, 4) is 5.75 Å². The molecule has 7 heteroatoms. The molecule has 21 heavy (non-hydrogen) atoms. The first-order valence-corrected chi connectivity index (χ1v) is 6.43. The quantitative estimate of drug-likeness (QED) is 0.397. The number of nitrogens with two attached hydrogens (primary N) is 1. The highest BCUT2D eigenvalue weighted by molar-refractivity contribution is 14.0. The Kier molecular flexibility index (Phi) is 8.75. The summed E-state index contributed by atoms with van der Waals surface area (Å²) in [5.41, 5.74) is 7.30. The largest absolute Gasteiger partial charge is 0.495 e. The molecular weight excluding hydrogens is 383 g/mol. The van der Waals surface area contributed by atoms with E-state index in [-0.39, 0.29) is 35.9 Å². The fourth-order valence-corrected chi connectivity index (χ4v) is 1.66. The molecule has 0 radical (unpaired) electrons. The Balaban J connectivity index is 0.00000400. The first-order chi connectivity index (χ1) is 9.42. The summed E-state index contributed by atoms with van der Waals surface area (Å²) < 4.78 is 5.19. The summed E-state index contributed by atoms with van der Waals surface area (Å²) in [4.78, 5) is 15.4. The van der Waals surface area contributed by atoms with Crippen molar-refractivity contribution in [2.45, 2.75) is 33.4 Å². The first kappa shape index (κ1) is 19.5. The molecule has 118 valence electrons. The van der Waals surface area contributed by atoms with Crippen molar-refractivity contribution in [3.05, 3.63) is 23.8 Å². The minimum absolute atomic E-state index is 0. The second-order valence-corrected chi connectivity index (χ2v) is 4.72. The number of amides is 1. The van der Waals surface area contributed by atoms with Gasteiger partial charge in [0.2, 0.25) is 5.91 Å². The Labute approximate surface area is 142 Å². The van der Waals surface area contributed by atoms with E-state index in [4.69, 9.17) is 10.5 Å². The van der Waals surface area contributed by atoms with Gasteiger partial charge in [-0.2, -0.15) is 0 Å². The highest BCUT2D eigenvalue weighted by Crippen LogP contribution is 2.25. The molecule has 0 atom stereocenters. The van der Waals surface area contributed by atoms with Crippen LogP contribution in [-0.2, 0) is 11.3 Å². The minimum atomic E-state index is -0.148. The number of nitrogens with one attached hydrogen (secondary N) is 2. The molecule has 0 aliphatic heterocycles. The number of anilines is 1. The zero-order chi connectivity index (χ0) is 15.1. The monoisotopic (exact) mass is 406 g/mol. The average Bonchev–Trinajstić information content (AvgIpc) is 2.35. The van der Waals surface area contributed by atoms with Gasteiger partial charge in [-0.15, -0.1) is 24.0 Å². The van der Waals surface area contributed by atoms with E-state index in [0.29, 0.717) is 23.9 Å². The van der Waals surface area contributed by atoms with Crippen molar-refractivity contribution in [2.75, 3.05) is 12.4 Å². The van der Waals surface area contributed by atoms with E-state index in [1.165, 1.54) is 6.92 Å². The zero-order valence-corrected chi connectivity index (χ0v) is 15.1. The van der Waals surface area contributed by atoms with Crippen molar-refractivity contribution in [1.82, 2.24) is 5.32 Å². The SMILES string of the molecule is COc1ccc(CN=C(N)NC(C)C)cc1NC(C)=O.I. The summed E-state index contributed by atoms with van der Waals surface area (Å²) in [5, 5.41) is 5.74. The number of hydrogen-bond donors (Lipinski definition) is 3. The van der Waals surface area contributed by atoms with Crippen LogP contribution in [0.1, 0.15) is 26.3 Å². The molecule has 1 rings (SSSR count). The summed E-state index contributed by atoms with van der Waals surface area (Å²) in [6.07, 6.45) is 0. The molecule has 1 aromatic carbocycles. The standard InChI is InChI=1S/C14H22N4O2.HI/c1-9(2)17-14(15)16-8-11-5-6-13(20-4)12(7-11)18-10(3)19;/h5-7,9H,8H2,1-4H3,(H,18,19)(H3,15,16,17);1H. The number of benzene rings is 1. The van der Waals surface area contributed by atoms with Gasteiger partial charge in [0.25, 0.3) is 0 Å². The number of carbonyl (C=O) groups is 1. The maximum atomic E-state index is 11.2. The van der Waals surface area contributed by atoms with E-state index in [0.717, 1.165) is 5.56 Å². The molecule has 0 spiro atoms. The molecule has 0 heterocycles. The summed E-state index contributed by atoms with van der Waals surface area (Å²) in [6, 6.07) is 5.75. The Morgan fingerprint density at radius 2 is 2.10 bits per heavy atom. The molecule has 0 bridgehead atoms. The van der Waals surface area contributed by atoms with Gasteiger partial charge in [-0.3, -0.25) is 4.79 Å². The van der Waals surface area contributed by atoms with Gasteiger partial charge in [-0.05, 0) is 31.5 Å². The van der Waals surface area contributed by atoms with E-state index in [1.54, 1.807) is 13.2 Å². The lowest BCUT2D eigenvalue weighted by atomic mass is 10.2. The van der Waals surface area contributed by atoms with Crippen LogP contribution in [0.25, 0.3) is 0 Å². The molecule has 1 amide bonds. The van der Waals surface area contributed by atoms with Gasteiger partial charge in [-0.1, -0.05) is 6.07 Å². The smallest absolute Gasteiger partial charge is 0.221 e. The summed E-state index contributed by atoms with van der Waals surface area (Å²) >= 11 is 0. The fraction of sp³-hybridized carbons (Fsp3) is 0.429. The van der Waals surface area contributed by atoms with E-state index >= 15 is 0 Å².